The second kappa shape index (κ2) is 10.1. The third kappa shape index (κ3) is 5.86. The van der Waals surface area contributed by atoms with Gasteiger partial charge in [-0.05, 0) is 17.2 Å². The molecule has 1 aliphatic heterocycles. The van der Waals surface area contributed by atoms with Crippen molar-refractivity contribution < 1.29 is 24.1 Å². The molecule has 28 heavy (non-hydrogen) atoms. The van der Waals surface area contributed by atoms with Crippen LogP contribution in [0.25, 0.3) is 11.1 Å². The molecule has 0 radical (unpaired) electrons. The molecule has 6 nitrogen and oxygen atoms in total. The summed E-state index contributed by atoms with van der Waals surface area (Å²) in [5.41, 5.74) is 6.75. The molecule has 9 heteroatoms. The van der Waals surface area contributed by atoms with Gasteiger partial charge in [-0.1, -0.05) is 53.5 Å². The molecule has 1 aliphatic rings. The van der Waals surface area contributed by atoms with Crippen LogP contribution in [-0.2, 0) is 15.1 Å². The van der Waals surface area contributed by atoms with Crippen LogP contribution in [-0.4, -0.2) is 45.8 Å². The zero-order valence-electron chi connectivity index (χ0n) is 14.9. The largest absolute Gasteiger partial charge is 0.388 e. The van der Waals surface area contributed by atoms with Crippen molar-refractivity contribution >= 4 is 29.1 Å². The molecule has 2 aromatic rings. The van der Waals surface area contributed by atoms with Crippen LogP contribution in [0.2, 0.25) is 0 Å². The van der Waals surface area contributed by atoms with E-state index >= 15 is 0 Å². The number of hydrogen-bond donors (Lipinski definition) is 3. The highest BCUT2D eigenvalue weighted by atomic mass is 35.5. The molecule has 152 valence electrons. The maximum absolute atomic E-state index is 12.2. The second-order valence-corrected chi connectivity index (χ2v) is 7.37. The Bertz CT molecular complexity index is 769. The maximum Gasteiger partial charge on any atom is 0.250 e. The molecule has 1 saturated heterocycles. The van der Waals surface area contributed by atoms with Crippen LogP contribution in [0, 0.1) is 0 Å². The van der Waals surface area contributed by atoms with E-state index in [2.05, 4.69) is 10.7 Å². The lowest BCUT2D eigenvalue weighted by Gasteiger charge is -2.35. The minimum Gasteiger partial charge on any atom is -0.388 e. The summed E-state index contributed by atoms with van der Waals surface area (Å²) in [5.74, 6) is -0.710. The van der Waals surface area contributed by atoms with Gasteiger partial charge < -0.3 is 20.7 Å². The number of amides is 1. The van der Waals surface area contributed by atoms with Gasteiger partial charge in [-0.25, -0.2) is 0 Å². The van der Waals surface area contributed by atoms with E-state index in [-0.39, 0.29) is 19.6 Å². The number of primary amides is 1. The fourth-order valence-corrected chi connectivity index (χ4v) is 2.45. The van der Waals surface area contributed by atoms with Crippen molar-refractivity contribution in [2.75, 3.05) is 19.9 Å². The number of halogens is 3. The minimum absolute atomic E-state index is 0.107. The molecular weight excluding hydrogens is 410 g/mol. The molecule has 0 spiro atoms. The number of aliphatic hydroxyl groups excluding tert-OH is 1. The molecule has 0 saturated carbocycles. The molecule has 2 heterocycles. The summed E-state index contributed by atoms with van der Waals surface area (Å²) in [5, 5.41) is 19.9. The van der Waals surface area contributed by atoms with E-state index < -0.39 is 29.1 Å². The number of alkyl halides is 3. The molecule has 4 N–H and O–H groups in total. The van der Waals surface area contributed by atoms with Crippen LogP contribution in [0.4, 0.5) is 4.39 Å². The molecule has 0 bridgehead atoms. The first kappa shape index (κ1) is 22.5. The molecule has 3 rings (SSSR count). The van der Waals surface area contributed by atoms with Crippen LogP contribution in [0.3, 0.4) is 0 Å². The molecule has 1 atom stereocenters. The van der Waals surface area contributed by atoms with E-state index in [9.17, 15) is 19.4 Å². The minimum atomic E-state index is -1.06. The normalized spacial score (nSPS) is 15.9. The molecule has 1 aromatic heterocycles. The average Bonchev–Trinajstić information content (AvgIpc) is 2.67. The Morgan fingerprint density at radius 2 is 1.79 bits per heavy atom. The van der Waals surface area contributed by atoms with Crippen molar-refractivity contribution in [3.63, 3.8) is 0 Å². The Morgan fingerprint density at radius 1 is 1.21 bits per heavy atom. The van der Waals surface area contributed by atoms with E-state index in [1.165, 1.54) is 0 Å². The standard InChI is InChI=1S/C17H18FNO3.C2H3Cl2NO/c18-8-7-15(20)13-3-1-12(2-4-13)14-5-6-16(19-9-14)17(21)10-22-11-17;3-1(4)2(5)6/h1-6,9,15,20-21H,7-8,10-11H2;1H,(H2,5,6). The van der Waals surface area contributed by atoms with E-state index in [4.69, 9.17) is 27.9 Å². The van der Waals surface area contributed by atoms with Crippen molar-refractivity contribution in [1.29, 1.82) is 0 Å². The number of rotatable bonds is 6. The van der Waals surface area contributed by atoms with Gasteiger partial charge >= 0.3 is 0 Å². The number of ether oxygens (including phenoxy) is 1. The van der Waals surface area contributed by atoms with Crippen molar-refractivity contribution in [3.8, 4) is 11.1 Å². The zero-order valence-corrected chi connectivity index (χ0v) is 16.4. The van der Waals surface area contributed by atoms with Gasteiger partial charge in [0, 0.05) is 18.2 Å². The summed E-state index contributed by atoms with van der Waals surface area (Å²) in [6.07, 6.45) is 1.04. The van der Waals surface area contributed by atoms with Crippen LogP contribution < -0.4 is 5.73 Å². The molecule has 0 aliphatic carbocycles. The van der Waals surface area contributed by atoms with Gasteiger partial charge in [0.25, 0.3) is 5.91 Å². The number of nitrogens with two attached hydrogens (primary N) is 1. The van der Waals surface area contributed by atoms with Crippen molar-refractivity contribution in [3.05, 3.63) is 53.9 Å². The Balaban J connectivity index is 0.000000409. The molecule has 1 fully saturated rings. The van der Waals surface area contributed by atoms with Crippen LogP contribution in [0.15, 0.2) is 42.6 Å². The van der Waals surface area contributed by atoms with Gasteiger partial charge in [-0.15, -0.1) is 0 Å². The van der Waals surface area contributed by atoms with Gasteiger partial charge in [0.05, 0.1) is 31.7 Å². The number of aromatic nitrogens is 1. The van der Waals surface area contributed by atoms with Crippen molar-refractivity contribution in [2.45, 2.75) is 23.0 Å². The predicted octanol–water partition coefficient (Wildman–Crippen LogP) is 2.63. The first-order valence-electron chi connectivity index (χ1n) is 8.45. The van der Waals surface area contributed by atoms with E-state index in [0.29, 0.717) is 11.3 Å². The summed E-state index contributed by atoms with van der Waals surface area (Å²) in [7, 11) is 0. The number of pyridine rings is 1. The first-order chi connectivity index (χ1) is 13.3. The smallest absolute Gasteiger partial charge is 0.250 e. The summed E-state index contributed by atoms with van der Waals surface area (Å²) in [4.78, 5) is 12.9. The average molecular weight is 431 g/mol. The SMILES string of the molecule is NC(=O)C(Cl)Cl.OC(CCF)c1ccc(-c2ccc(C3(O)COC3)nc2)cc1. The summed E-state index contributed by atoms with van der Waals surface area (Å²) in [6, 6.07) is 11.0. The topological polar surface area (TPSA) is 106 Å². The van der Waals surface area contributed by atoms with Crippen LogP contribution in [0.5, 0.6) is 0 Å². The monoisotopic (exact) mass is 430 g/mol. The van der Waals surface area contributed by atoms with Crippen LogP contribution >= 0.6 is 23.2 Å². The van der Waals surface area contributed by atoms with E-state index in [1.807, 2.05) is 18.2 Å². The van der Waals surface area contributed by atoms with Crippen molar-refractivity contribution in [1.82, 2.24) is 4.98 Å². The number of hydrogen-bond acceptors (Lipinski definition) is 5. The molecule has 1 aromatic carbocycles. The Hall–Kier alpha value is -1.77. The van der Waals surface area contributed by atoms with Gasteiger partial charge in [-0.3, -0.25) is 14.2 Å². The Morgan fingerprint density at radius 3 is 2.18 bits per heavy atom. The lowest BCUT2D eigenvalue weighted by Crippen LogP contribution is -2.47. The quantitative estimate of drug-likeness (QED) is 0.610. The highest BCUT2D eigenvalue weighted by Crippen LogP contribution is 2.29. The second-order valence-electron chi connectivity index (χ2n) is 6.28. The Kier molecular flexibility index (Phi) is 8.15. The lowest BCUT2D eigenvalue weighted by molar-refractivity contribution is -0.186. The fraction of sp³-hybridized carbons (Fsp3) is 0.368. The lowest BCUT2D eigenvalue weighted by atomic mass is 9.96. The number of nitrogens with zero attached hydrogens (tertiary/aromatic N) is 1. The number of carbonyl (C=O) groups is 1. The highest BCUT2D eigenvalue weighted by Gasteiger charge is 2.39. The highest BCUT2D eigenvalue weighted by molar-refractivity contribution is 6.53. The van der Waals surface area contributed by atoms with Gasteiger partial charge in [0.1, 0.15) is 0 Å². The number of aliphatic hydroxyl groups is 2. The summed E-state index contributed by atoms with van der Waals surface area (Å²) in [6.45, 7) is 0.0158. The van der Waals surface area contributed by atoms with Gasteiger partial charge in [0.15, 0.2) is 10.4 Å². The fourth-order valence-electron chi connectivity index (χ4n) is 2.45. The third-order valence-corrected chi connectivity index (χ3v) is 4.58. The summed E-state index contributed by atoms with van der Waals surface area (Å²) < 4.78 is 17.3. The van der Waals surface area contributed by atoms with Gasteiger partial charge in [-0.2, -0.15) is 0 Å². The van der Waals surface area contributed by atoms with Gasteiger partial charge in [0.2, 0.25) is 0 Å². The number of carbonyl (C=O) groups excluding carboxylic acids is 1. The third-order valence-electron chi connectivity index (χ3n) is 4.15. The maximum atomic E-state index is 12.2. The number of benzene rings is 1. The van der Waals surface area contributed by atoms with Crippen molar-refractivity contribution in [2.24, 2.45) is 5.73 Å². The Labute approximate surface area is 172 Å². The molecule has 1 unspecified atom stereocenters. The molecular formula is C19H21Cl2FN2O4. The first-order valence-corrected chi connectivity index (χ1v) is 9.32. The van der Waals surface area contributed by atoms with E-state index in [1.54, 1.807) is 24.4 Å². The zero-order chi connectivity index (χ0) is 20.7. The van der Waals surface area contributed by atoms with E-state index in [0.717, 1.165) is 11.1 Å². The molecule has 1 amide bonds. The van der Waals surface area contributed by atoms with Crippen LogP contribution in [0.1, 0.15) is 23.8 Å². The predicted molar refractivity (Wildman–Crippen MR) is 105 cm³/mol. The summed E-state index contributed by atoms with van der Waals surface area (Å²) >= 11 is 9.81.